The molecule has 0 amide bonds. The minimum atomic E-state index is -0.233. The van der Waals surface area contributed by atoms with Crippen LogP contribution in [0.4, 0.5) is 11.4 Å². The average molecular weight is 192 g/mol. The van der Waals surface area contributed by atoms with E-state index in [0.717, 1.165) is 0 Å². The highest BCUT2D eigenvalue weighted by Crippen LogP contribution is 2.24. The molecule has 4 heteroatoms. The smallest absolute Gasteiger partial charge is 0.163 e. The molecule has 0 atom stereocenters. The van der Waals surface area contributed by atoms with Crippen molar-refractivity contribution in [3.8, 4) is 0 Å². The number of carbonyl (C=O) groups is 2. The minimum Gasteiger partial charge on any atom is -0.398 e. The van der Waals surface area contributed by atoms with Gasteiger partial charge >= 0.3 is 0 Å². The van der Waals surface area contributed by atoms with Gasteiger partial charge in [0.15, 0.2) is 11.6 Å². The molecule has 14 heavy (non-hydrogen) atoms. The van der Waals surface area contributed by atoms with Crippen molar-refractivity contribution in [1.82, 2.24) is 0 Å². The first-order valence-electron chi connectivity index (χ1n) is 4.15. The highest BCUT2D eigenvalue weighted by Gasteiger charge is 2.14. The number of nitrogen functional groups attached to an aromatic ring is 2. The second-order valence-electron chi connectivity index (χ2n) is 3.10. The number of benzene rings is 1. The molecule has 1 aromatic rings. The van der Waals surface area contributed by atoms with Crippen LogP contribution in [0.3, 0.4) is 0 Å². The van der Waals surface area contributed by atoms with Crippen LogP contribution in [0.2, 0.25) is 0 Å². The monoisotopic (exact) mass is 192 g/mol. The average Bonchev–Trinajstić information content (AvgIpc) is 2.02. The fourth-order valence-corrected chi connectivity index (χ4v) is 1.34. The highest BCUT2D eigenvalue weighted by molar-refractivity contribution is 6.10. The SMILES string of the molecule is CC(=O)c1ccc(N)c(C(C)=O)c1N. The lowest BCUT2D eigenvalue weighted by Gasteiger charge is -2.09. The molecular weight excluding hydrogens is 180 g/mol. The maximum absolute atomic E-state index is 11.2. The summed E-state index contributed by atoms with van der Waals surface area (Å²) >= 11 is 0. The molecule has 0 aromatic heterocycles. The number of rotatable bonds is 2. The number of hydrogen-bond donors (Lipinski definition) is 2. The molecule has 74 valence electrons. The normalized spacial score (nSPS) is 9.86. The van der Waals surface area contributed by atoms with Crippen LogP contribution < -0.4 is 11.5 Å². The fourth-order valence-electron chi connectivity index (χ4n) is 1.34. The lowest BCUT2D eigenvalue weighted by molar-refractivity contribution is 0.101. The Morgan fingerprint density at radius 2 is 1.64 bits per heavy atom. The van der Waals surface area contributed by atoms with Gasteiger partial charge in [0.05, 0.1) is 11.3 Å². The van der Waals surface area contributed by atoms with Gasteiger partial charge in [-0.2, -0.15) is 0 Å². The third kappa shape index (κ3) is 1.59. The van der Waals surface area contributed by atoms with E-state index >= 15 is 0 Å². The van der Waals surface area contributed by atoms with Gasteiger partial charge in [0.1, 0.15) is 0 Å². The van der Waals surface area contributed by atoms with Gasteiger partial charge < -0.3 is 11.5 Å². The van der Waals surface area contributed by atoms with Crippen molar-refractivity contribution in [3.63, 3.8) is 0 Å². The molecule has 4 N–H and O–H groups in total. The molecule has 0 unspecified atom stereocenters. The summed E-state index contributed by atoms with van der Waals surface area (Å²) in [6.07, 6.45) is 0. The number of ketones is 2. The molecule has 1 aromatic carbocycles. The van der Waals surface area contributed by atoms with E-state index < -0.39 is 0 Å². The Morgan fingerprint density at radius 1 is 1.07 bits per heavy atom. The van der Waals surface area contributed by atoms with Gasteiger partial charge in [0, 0.05) is 11.3 Å². The topological polar surface area (TPSA) is 86.2 Å². The lowest BCUT2D eigenvalue weighted by Crippen LogP contribution is -2.09. The maximum Gasteiger partial charge on any atom is 0.163 e. The summed E-state index contributed by atoms with van der Waals surface area (Å²) in [4.78, 5) is 22.3. The first-order valence-corrected chi connectivity index (χ1v) is 4.15. The molecule has 0 aliphatic heterocycles. The highest BCUT2D eigenvalue weighted by atomic mass is 16.1. The van der Waals surface area contributed by atoms with Crippen LogP contribution in [0.25, 0.3) is 0 Å². The Morgan fingerprint density at radius 3 is 2.07 bits per heavy atom. The first-order chi connectivity index (χ1) is 6.45. The van der Waals surface area contributed by atoms with E-state index in [1.54, 1.807) is 0 Å². The molecule has 0 heterocycles. The van der Waals surface area contributed by atoms with Crippen LogP contribution in [-0.4, -0.2) is 11.6 Å². The standard InChI is InChI=1S/C10H12N2O2/c1-5(13)7-3-4-8(11)9(6(2)14)10(7)12/h3-4H,11-12H2,1-2H3. The van der Waals surface area contributed by atoms with E-state index in [-0.39, 0.29) is 22.8 Å². The van der Waals surface area contributed by atoms with Gasteiger partial charge in [-0.25, -0.2) is 0 Å². The third-order valence-corrected chi connectivity index (χ3v) is 2.01. The van der Waals surface area contributed by atoms with Gasteiger partial charge in [-0.3, -0.25) is 9.59 Å². The Kier molecular flexibility index (Phi) is 2.56. The van der Waals surface area contributed by atoms with Gasteiger partial charge in [-0.1, -0.05) is 0 Å². The zero-order valence-electron chi connectivity index (χ0n) is 8.13. The predicted molar refractivity (Wildman–Crippen MR) is 55.3 cm³/mol. The Balaban J connectivity index is 3.49. The number of carbonyl (C=O) groups excluding carboxylic acids is 2. The van der Waals surface area contributed by atoms with E-state index in [1.807, 2.05) is 0 Å². The molecule has 0 aliphatic carbocycles. The fraction of sp³-hybridized carbons (Fsp3) is 0.200. The Bertz CT molecular complexity index is 411. The van der Waals surface area contributed by atoms with Gasteiger partial charge in [0.25, 0.3) is 0 Å². The molecule has 0 radical (unpaired) electrons. The number of Topliss-reactive ketones (excluding diaryl/α,β-unsaturated/α-hetero) is 2. The van der Waals surface area contributed by atoms with Crippen molar-refractivity contribution < 1.29 is 9.59 Å². The summed E-state index contributed by atoms with van der Waals surface area (Å²) in [5.41, 5.74) is 12.3. The van der Waals surface area contributed by atoms with Crippen LogP contribution >= 0.6 is 0 Å². The Hall–Kier alpha value is -1.84. The zero-order chi connectivity index (χ0) is 10.9. The van der Waals surface area contributed by atoms with Crippen LogP contribution in [0, 0.1) is 0 Å². The summed E-state index contributed by atoms with van der Waals surface area (Å²) in [6, 6.07) is 3.04. The summed E-state index contributed by atoms with van der Waals surface area (Å²) in [5.74, 6) is -0.409. The molecule has 0 bridgehead atoms. The zero-order valence-corrected chi connectivity index (χ0v) is 8.13. The molecule has 0 saturated heterocycles. The molecule has 4 nitrogen and oxygen atoms in total. The quantitative estimate of drug-likeness (QED) is 0.545. The minimum absolute atomic E-state index is 0.171. The molecule has 0 spiro atoms. The maximum atomic E-state index is 11.2. The largest absolute Gasteiger partial charge is 0.398 e. The van der Waals surface area contributed by atoms with Crippen molar-refractivity contribution in [2.75, 3.05) is 11.5 Å². The van der Waals surface area contributed by atoms with E-state index in [1.165, 1.54) is 26.0 Å². The molecule has 0 fully saturated rings. The van der Waals surface area contributed by atoms with E-state index in [0.29, 0.717) is 11.3 Å². The number of hydrogen-bond acceptors (Lipinski definition) is 4. The summed E-state index contributed by atoms with van der Waals surface area (Å²) < 4.78 is 0. The second-order valence-corrected chi connectivity index (χ2v) is 3.10. The predicted octanol–water partition coefficient (Wildman–Crippen LogP) is 1.26. The summed E-state index contributed by atoms with van der Waals surface area (Å²) in [7, 11) is 0. The Labute approximate surface area is 81.9 Å². The number of anilines is 2. The van der Waals surface area contributed by atoms with E-state index in [4.69, 9.17) is 11.5 Å². The summed E-state index contributed by atoms with van der Waals surface area (Å²) in [6.45, 7) is 2.76. The third-order valence-electron chi connectivity index (χ3n) is 2.01. The first kappa shape index (κ1) is 10.2. The van der Waals surface area contributed by atoms with Crippen molar-refractivity contribution >= 4 is 22.9 Å². The number of nitrogens with two attached hydrogens (primary N) is 2. The van der Waals surface area contributed by atoms with Crippen molar-refractivity contribution in [2.24, 2.45) is 0 Å². The molecule has 0 saturated carbocycles. The summed E-state index contributed by atoms with van der Waals surface area (Å²) in [5, 5.41) is 0. The molecule has 0 aliphatic rings. The van der Waals surface area contributed by atoms with Crippen LogP contribution in [0.1, 0.15) is 34.6 Å². The van der Waals surface area contributed by atoms with Gasteiger partial charge in [0.2, 0.25) is 0 Å². The van der Waals surface area contributed by atoms with Crippen LogP contribution in [0.5, 0.6) is 0 Å². The van der Waals surface area contributed by atoms with Gasteiger partial charge in [-0.05, 0) is 26.0 Å². The molecule has 1 rings (SSSR count). The van der Waals surface area contributed by atoms with Gasteiger partial charge in [-0.15, -0.1) is 0 Å². The molecular formula is C10H12N2O2. The van der Waals surface area contributed by atoms with Crippen molar-refractivity contribution in [2.45, 2.75) is 13.8 Å². The lowest BCUT2D eigenvalue weighted by atomic mass is 10.0. The van der Waals surface area contributed by atoms with Crippen LogP contribution in [0.15, 0.2) is 12.1 Å². The van der Waals surface area contributed by atoms with Crippen molar-refractivity contribution in [1.29, 1.82) is 0 Å². The van der Waals surface area contributed by atoms with Crippen molar-refractivity contribution in [3.05, 3.63) is 23.3 Å². The van der Waals surface area contributed by atoms with E-state index in [9.17, 15) is 9.59 Å². The van der Waals surface area contributed by atoms with E-state index in [2.05, 4.69) is 0 Å². The second kappa shape index (κ2) is 3.49. The van der Waals surface area contributed by atoms with Crippen LogP contribution in [-0.2, 0) is 0 Å².